The molecular weight excluding hydrogens is 352 g/mol. The topological polar surface area (TPSA) is 94.1 Å². The Kier molecular flexibility index (Phi) is 6.82. The molecule has 7 nitrogen and oxygen atoms in total. The summed E-state index contributed by atoms with van der Waals surface area (Å²) in [7, 11) is 4.45. The molecule has 0 atom stereocenters. The van der Waals surface area contributed by atoms with Crippen LogP contribution in [0.2, 0.25) is 0 Å². The summed E-state index contributed by atoms with van der Waals surface area (Å²) >= 11 is 0. The van der Waals surface area contributed by atoms with E-state index in [0.717, 1.165) is 0 Å². The van der Waals surface area contributed by atoms with Crippen molar-refractivity contribution in [3.8, 4) is 23.0 Å². The van der Waals surface area contributed by atoms with Crippen molar-refractivity contribution in [2.24, 2.45) is 0 Å². The molecule has 27 heavy (non-hydrogen) atoms. The van der Waals surface area contributed by atoms with Crippen LogP contribution in [0.5, 0.6) is 23.0 Å². The molecular formula is C20H19O7-. The molecule has 0 spiro atoms. The van der Waals surface area contributed by atoms with E-state index in [1.165, 1.54) is 27.4 Å². The highest BCUT2D eigenvalue weighted by atomic mass is 16.5. The summed E-state index contributed by atoms with van der Waals surface area (Å²) in [6, 6.07) is 9.76. The summed E-state index contributed by atoms with van der Waals surface area (Å²) in [5.74, 6) is 0.0681. The number of ether oxygens (including phenoxy) is 4. The molecule has 0 radical (unpaired) electrons. The van der Waals surface area contributed by atoms with Crippen LogP contribution in [-0.2, 0) is 4.79 Å². The molecule has 0 unspecified atom stereocenters. The van der Waals surface area contributed by atoms with E-state index >= 15 is 0 Å². The molecule has 0 aromatic heterocycles. The van der Waals surface area contributed by atoms with Gasteiger partial charge in [-0.05, 0) is 42.0 Å². The van der Waals surface area contributed by atoms with E-state index < -0.39 is 12.6 Å². The minimum absolute atomic E-state index is 0.216. The van der Waals surface area contributed by atoms with Crippen molar-refractivity contribution in [2.75, 3.05) is 27.9 Å². The number of rotatable bonds is 9. The number of allylic oxidation sites excluding steroid dienone is 1. The van der Waals surface area contributed by atoms with Crippen molar-refractivity contribution in [2.45, 2.75) is 0 Å². The van der Waals surface area contributed by atoms with E-state index in [9.17, 15) is 14.7 Å². The lowest BCUT2D eigenvalue weighted by atomic mass is 10.1. The van der Waals surface area contributed by atoms with Gasteiger partial charge in [-0.25, -0.2) is 0 Å². The SMILES string of the molecule is COc1ccc(C(=O)/C=C/c2ccc(OCC(=O)[O-])c(OC)c2)cc1OC. The van der Waals surface area contributed by atoms with Crippen LogP contribution >= 0.6 is 0 Å². The van der Waals surface area contributed by atoms with E-state index in [0.29, 0.717) is 28.4 Å². The van der Waals surface area contributed by atoms with Crippen LogP contribution in [0, 0.1) is 0 Å². The molecule has 0 aliphatic rings. The second-order valence-electron chi connectivity index (χ2n) is 5.34. The summed E-state index contributed by atoms with van der Waals surface area (Å²) in [5.41, 5.74) is 1.13. The van der Waals surface area contributed by atoms with Gasteiger partial charge in [-0.2, -0.15) is 0 Å². The molecule has 0 aliphatic heterocycles. The lowest BCUT2D eigenvalue weighted by Gasteiger charge is -2.11. The van der Waals surface area contributed by atoms with Crippen molar-refractivity contribution in [3.05, 3.63) is 53.6 Å². The van der Waals surface area contributed by atoms with Gasteiger partial charge in [0.1, 0.15) is 6.61 Å². The van der Waals surface area contributed by atoms with E-state index in [4.69, 9.17) is 18.9 Å². The van der Waals surface area contributed by atoms with Crippen molar-refractivity contribution in [3.63, 3.8) is 0 Å². The van der Waals surface area contributed by atoms with Crippen molar-refractivity contribution in [1.82, 2.24) is 0 Å². The van der Waals surface area contributed by atoms with Crippen molar-refractivity contribution >= 4 is 17.8 Å². The average molecular weight is 371 g/mol. The van der Waals surface area contributed by atoms with Gasteiger partial charge in [-0.1, -0.05) is 12.1 Å². The van der Waals surface area contributed by atoms with Crippen LogP contribution < -0.4 is 24.1 Å². The first-order valence-electron chi connectivity index (χ1n) is 7.93. The van der Waals surface area contributed by atoms with Gasteiger partial charge in [-0.15, -0.1) is 0 Å². The average Bonchev–Trinajstić information content (AvgIpc) is 2.69. The summed E-state index contributed by atoms with van der Waals surface area (Å²) in [6.45, 7) is -0.580. The second kappa shape index (κ2) is 9.28. The number of carbonyl (C=O) groups excluding carboxylic acids is 2. The maximum atomic E-state index is 12.4. The number of hydrogen-bond acceptors (Lipinski definition) is 7. The Bertz CT molecular complexity index is 855. The number of benzene rings is 2. The van der Waals surface area contributed by atoms with Crippen LogP contribution in [0.3, 0.4) is 0 Å². The first-order valence-corrected chi connectivity index (χ1v) is 7.93. The Morgan fingerprint density at radius 3 is 2.15 bits per heavy atom. The highest BCUT2D eigenvalue weighted by molar-refractivity contribution is 6.07. The van der Waals surface area contributed by atoms with Gasteiger partial charge in [0.2, 0.25) is 0 Å². The summed E-state index contributed by atoms with van der Waals surface area (Å²) in [5, 5.41) is 10.5. The van der Waals surface area contributed by atoms with Crippen LogP contribution in [0.4, 0.5) is 0 Å². The molecule has 0 fully saturated rings. The van der Waals surface area contributed by atoms with Gasteiger partial charge in [0.15, 0.2) is 28.8 Å². The van der Waals surface area contributed by atoms with Crippen molar-refractivity contribution in [1.29, 1.82) is 0 Å². The third-order valence-corrected chi connectivity index (χ3v) is 3.63. The molecule has 2 rings (SSSR count). The Morgan fingerprint density at radius 2 is 1.52 bits per heavy atom. The molecule has 0 saturated heterocycles. The number of carbonyl (C=O) groups is 2. The minimum atomic E-state index is -1.33. The third kappa shape index (κ3) is 5.24. The Morgan fingerprint density at radius 1 is 0.889 bits per heavy atom. The standard InChI is InChI=1S/C20H20O7/c1-24-16-9-6-14(11-19(16)26-3)15(21)7-4-13-5-8-17(18(10-13)25-2)27-12-20(22)23/h4-11H,12H2,1-3H3,(H,22,23)/p-1/b7-4+. The molecule has 0 bridgehead atoms. The maximum Gasteiger partial charge on any atom is 0.185 e. The highest BCUT2D eigenvalue weighted by Crippen LogP contribution is 2.29. The van der Waals surface area contributed by atoms with E-state index in [1.54, 1.807) is 42.5 Å². The Balaban J connectivity index is 2.17. The smallest absolute Gasteiger partial charge is 0.185 e. The highest BCUT2D eigenvalue weighted by Gasteiger charge is 2.09. The number of aliphatic carboxylic acids is 1. The van der Waals surface area contributed by atoms with Gasteiger partial charge in [-0.3, -0.25) is 4.79 Å². The molecule has 0 amide bonds. The monoisotopic (exact) mass is 371 g/mol. The first kappa shape index (κ1) is 19.8. The van der Waals surface area contributed by atoms with Crippen LogP contribution in [0.1, 0.15) is 15.9 Å². The molecule has 2 aromatic rings. The molecule has 0 aliphatic carbocycles. The Labute approximate surface area is 156 Å². The maximum absolute atomic E-state index is 12.4. The lowest BCUT2D eigenvalue weighted by Crippen LogP contribution is -2.29. The zero-order chi connectivity index (χ0) is 19.8. The number of ketones is 1. The Hall–Kier alpha value is -3.48. The molecule has 0 N–H and O–H groups in total. The number of hydrogen-bond donors (Lipinski definition) is 0. The van der Waals surface area contributed by atoms with E-state index in [2.05, 4.69) is 0 Å². The zero-order valence-corrected chi connectivity index (χ0v) is 15.2. The van der Waals surface area contributed by atoms with E-state index in [-0.39, 0.29) is 11.5 Å². The fourth-order valence-electron chi connectivity index (χ4n) is 2.30. The van der Waals surface area contributed by atoms with Gasteiger partial charge in [0.25, 0.3) is 0 Å². The van der Waals surface area contributed by atoms with Gasteiger partial charge in [0, 0.05) is 5.56 Å². The summed E-state index contributed by atoms with van der Waals surface area (Å²) in [4.78, 5) is 22.9. The van der Waals surface area contributed by atoms with Gasteiger partial charge < -0.3 is 28.8 Å². The molecule has 0 heterocycles. The molecule has 7 heteroatoms. The fraction of sp³-hybridized carbons (Fsp3) is 0.200. The van der Waals surface area contributed by atoms with Gasteiger partial charge >= 0.3 is 0 Å². The van der Waals surface area contributed by atoms with Crippen LogP contribution in [-0.4, -0.2) is 39.7 Å². The predicted octanol–water partition coefficient (Wildman–Crippen LogP) is 1.74. The quantitative estimate of drug-likeness (QED) is 0.489. The molecule has 0 saturated carbocycles. The zero-order valence-electron chi connectivity index (χ0n) is 15.2. The number of carboxylic acids is 1. The normalized spacial score (nSPS) is 10.5. The number of carboxylic acid groups (broad SMARTS) is 1. The van der Waals surface area contributed by atoms with Gasteiger partial charge in [0.05, 0.1) is 27.3 Å². The predicted molar refractivity (Wildman–Crippen MR) is 96.4 cm³/mol. The summed E-state index contributed by atoms with van der Waals surface area (Å²) < 4.78 is 20.6. The molecule has 142 valence electrons. The third-order valence-electron chi connectivity index (χ3n) is 3.63. The second-order valence-corrected chi connectivity index (χ2v) is 5.34. The van der Waals surface area contributed by atoms with Crippen LogP contribution in [0.15, 0.2) is 42.5 Å². The fourth-order valence-corrected chi connectivity index (χ4v) is 2.30. The van der Waals surface area contributed by atoms with E-state index in [1.807, 2.05) is 0 Å². The summed E-state index contributed by atoms with van der Waals surface area (Å²) in [6.07, 6.45) is 3.03. The number of methoxy groups -OCH3 is 3. The van der Waals surface area contributed by atoms with Crippen molar-refractivity contribution < 1.29 is 33.6 Å². The molecule has 2 aromatic carbocycles. The minimum Gasteiger partial charge on any atom is -0.546 e. The van der Waals surface area contributed by atoms with Crippen LogP contribution in [0.25, 0.3) is 6.08 Å². The largest absolute Gasteiger partial charge is 0.546 e. The lowest BCUT2D eigenvalue weighted by molar-refractivity contribution is -0.307. The first-order chi connectivity index (χ1) is 13.0.